The number of thioether (sulfide) groups is 1. The summed E-state index contributed by atoms with van der Waals surface area (Å²) < 4.78 is 0. The summed E-state index contributed by atoms with van der Waals surface area (Å²) in [6.45, 7) is 2.80. The van der Waals surface area contributed by atoms with Crippen molar-refractivity contribution in [2.75, 3.05) is 24.7 Å². The first-order valence-corrected chi connectivity index (χ1v) is 8.87. The predicted molar refractivity (Wildman–Crippen MR) is 95.8 cm³/mol. The molecule has 0 radical (unpaired) electrons. The minimum absolute atomic E-state index is 0.0527. The van der Waals surface area contributed by atoms with E-state index in [2.05, 4.69) is 10.3 Å². The number of carbonyl (C=O) groups is 1. The van der Waals surface area contributed by atoms with E-state index in [1.54, 1.807) is 18.0 Å². The molecule has 23 heavy (non-hydrogen) atoms. The van der Waals surface area contributed by atoms with E-state index < -0.39 is 0 Å². The van der Waals surface area contributed by atoms with E-state index in [1.807, 2.05) is 43.3 Å². The molecule has 0 atom stereocenters. The van der Waals surface area contributed by atoms with Crippen LogP contribution in [0.5, 0.6) is 0 Å². The predicted octanol–water partition coefficient (Wildman–Crippen LogP) is 2.90. The number of nitrogens with zero attached hydrogens (tertiary/aromatic N) is 1. The van der Waals surface area contributed by atoms with Gasteiger partial charge in [0.25, 0.3) is 5.91 Å². The highest BCUT2D eigenvalue weighted by molar-refractivity contribution is 7.99. The van der Waals surface area contributed by atoms with Crippen molar-refractivity contribution in [3.05, 3.63) is 53.7 Å². The van der Waals surface area contributed by atoms with Crippen molar-refractivity contribution in [2.45, 2.75) is 13.3 Å². The third-order valence-electron chi connectivity index (χ3n) is 3.50. The van der Waals surface area contributed by atoms with Crippen LogP contribution < -0.4 is 5.32 Å². The quantitative estimate of drug-likeness (QED) is 0.731. The van der Waals surface area contributed by atoms with Crippen molar-refractivity contribution in [3.63, 3.8) is 0 Å². The van der Waals surface area contributed by atoms with Gasteiger partial charge in [-0.2, -0.15) is 11.8 Å². The zero-order valence-corrected chi connectivity index (χ0v) is 14.1. The standard InChI is InChI=1S/C18H22N2O2S/c1-14-15(17-8-2-3-9-19-17)6-4-7-16(14)18(22)20-10-13-23-12-5-11-21/h2-4,6-9,21H,5,10-13H2,1H3,(H,20,22). The maximum atomic E-state index is 12.4. The number of amides is 1. The molecule has 0 aliphatic heterocycles. The largest absolute Gasteiger partial charge is 0.396 e. The van der Waals surface area contributed by atoms with Gasteiger partial charge >= 0.3 is 0 Å². The van der Waals surface area contributed by atoms with Crippen LogP contribution in [0.25, 0.3) is 11.3 Å². The monoisotopic (exact) mass is 330 g/mol. The number of rotatable bonds is 8. The summed E-state index contributed by atoms with van der Waals surface area (Å²) in [5.41, 5.74) is 3.49. The number of carbonyl (C=O) groups excluding carboxylic acids is 1. The third-order valence-corrected chi connectivity index (χ3v) is 4.57. The number of hydrogen-bond donors (Lipinski definition) is 2. The molecule has 1 aromatic carbocycles. The van der Waals surface area contributed by atoms with Gasteiger partial charge in [-0.1, -0.05) is 18.2 Å². The van der Waals surface area contributed by atoms with Crippen LogP contribution in [0.3, 0.4) is 0 Å². The molecule has 2 aromatic rings. The number of pyridine rings is 1. The Morgan fingerprint density at radius 3 is 2.83 bits per heavy atom. The van der Waals surface area contributed by atoms with Gasteiger partial charge in [-0.25, -0.2) is 0 Å². The summed E-state index contributed by atoms with van der Waals surface area (Å²) in [7, 11) is 0. The van der Waals surface area contributed by atoms with E-state index >= 15 is 0 Å². The Kier molecular flexibility index (Phi) is 7.10. The van der Waals surface area contributed by atoms with Gasteiger partial charge in [0.2, 0.25) is 0 Å². The molecule has 2 N–H and O–H groups in total. The molecular weight excluding hydrogens is 308 g/mol. The van der Waals surface area contributed by atoms with Crippen LogP contribution in [0.1, 0.15) is 22.3 Å². The molecule has 2 rings (SSSR count). The molecule has 0 unspecified atom stereocenters. The average Bonchev–Trinajstić information content (AvgIpc) is 2.59. The van der Waals surface area contributed by atoms with Crippen molar-refractivity contribution in [1.82, 2.24) is 10.3 Å². The molecule has 0 saturated carbocycles. The first-order valence-electron chi connectivity index (χ1n) is 7.72. The lowest BCUT2D eigenvalue weighted by atomic mass is 9.99. The zero-order valence-electron chi connectivity index (χ0n) is 13.3. The molecule has 0 aliphatic carbocycles. The van der Waals surface area contributed by atoms with Gasteiger partial charge in [0.1, 0.15) is 0 Å². The van der Waals surface area contributed by atoms with E-state index in [0.29, 0.717) is 12.1 Å². The zero-order chi connectivity index (χ0) is 16.5. The summed E-state index contributed by atoms with van der Waals surface area (Å²) >= 11 is 1.73. The van der Waals surface area contributed by atoms with Gasteiger partial charge in [-0.3, -0.25) is 9.78 Å². The Labute approximate surface area is 141 Å². The van der Waals surface area contributed by atoms with Gasteiger partial charge in [-0.15, -0.1) is 0 Å². The lowest BCUT2D eigenvalue weighted by Crippen LogP contribution is -2.26. The molecule has 4 nitrogen and oxygen atoms in total. The van der Waals surface area contributed by atoms with Crippen LogP contribution in [0.4, 0.5) is 0 Å². The molecule has 0 saturated heterocycles. The number of aromatic nitrogens is 1. The SMILES string of the molecule is Cc1c(C(=O)NCCSCCCO)cccc1-c1ccccn1. The Morgan fingerprint density at radius 2 is 2.09 bits per heavy atom. The second-order valence-corrected chi connectivity index (χ2v) is 6.36. The highest BCUT2D eigenvalue weighted by atomic mass is 32.2. The molecule has 0 aliphatic rings. The van der Waals surface area contributed by atoms with Crippen LogP contribution >= 0.6 is 11.8 Å². The number of nitrogens with one attached hydrogen (secondary N) is 1. The van der Waals surface area contributed by atoms with Gasteiger partial charge in [0, 0.05) is 36.2 Å². The van der Waals surface area contributed by atoms with Gasteiger partial charge < -0.3 is 10.4 Å². The fraction of sp³-hybridized carbons (Fsp3) is 0.333. The molecule has 0 fully saturated rings. The molecule has 5 heteroatoms. The van der Waals surface area contributed by atoms with E-state index in [1.165, 1.54) is 0 Å². The molecule has 0 bridgehead atoms. The Bertz CT molecular complexity index is 632. The molecule has 1 amide bonds. The van der Waals surface area contributed by atoms with Crippen LogP contribution in [0, 0.1) is 6.92 Å². The normalized spacial score (nSPS) is 10.5. The second-order valence-electron chi connectivity index (χ2n) is 5.14. The molecule has 0 spiro atoms. The number of aliphatic hydroxyl groups is 1. The average molecular weight is 330 g/mol. The molecular formula is C18H22N2O2S. The highest BCUT2D eigenvalue weighted by Crippen LogP contribution is 2.23. The fourth-order valence-electron chi connectivity index (χ4n) is 2.28. The molecule has 122 valence electrons. The second kappa shape index (κ2) is 9.33. The third kappa shape index (κ3) is 5.08. The number of benzene rings is 1. The fourth-order valence-corrected chi connectivity index (χ4v) is 3.07. The lowest BCUT2D eigenvalue weighted by Gasteiger charge is -2.11. The Hall–Kier alpha value is -1.85. The van der Waals surface area contributed by atoms with Crippen molar-refractivity contribution in [3.8, 4) is 11.3 Å². The summed E-state index contributed by atoms with van der Waals surface area (Å²) in [5.74, 6) is 1.72. The van der Waals surface area contributed by atoms with Gasteiger partial charge in [0.05, 0.1) is 5.69 Å². The van der Waals surface area contributed by atoms with E-state index in [4.69, 9.17) is 5.11 Å². The number of aliphatic hydroxyl groups excluding tert-OH is 1. The van der Waals surface area contributed by atoms with Crippen molar-refractivity contribution < 1.29 is 9.90 Å². The topological polar surface area (TPSA) is 62.2 Å². The Morgan fingerprint density at radius 1 is 1.22 bits per heavy atom. The maximum absolute atomic E-state index is 12.4. The minimum Gasteiger partial charge on any atom is -0.396 e. The summed E-state index contributed by atoms with van der Waals surface area (Å²) in [6, 6.07) is 11.5. The summed E-state index contributed by atoms with van der Waals surface area (Å²) in [5, 5.41) is 11.7. The van der Waals surface area contributed by atoms with Gasteiger partial charge in [-0.05, 0) is 42.9 Å². The smallest absolute Gasteiger partial charge is 0.251 e. The highest BCUT2D eigenvalue weighted by Gasteiger charge is 2.12. The number of hydrogen-bond acceptors (Lipinski definition) is 4. The van der Waals surface area contributed by atoms with Gasteiger partial charge in [0.15, 0.2) is 0 Å². The van der Waals surface area contributed by atoms with Crippen molar-refractivity contribution >= 4 is 17.7 Å². The van der Waals surface area contributed by atoms with E-state index in [-0.39, 0.29) is 12.5 Å². The van der Waals surface area contributed by atoms with Crippen LogP contribution in [-0.4, -0.2) is 40.7 Å². The van der Waals surface area contributed by atoms with E-state index in [9.17, 15) is 4.79 Å². The van der Waals surface area contributed by atoms with Crippen LogP contribution in [-0.2, 0) is 0 Å². The van der Waals surface area contributed by atoms with Crippen molar-refractivity contribution in [2.24, 2.45) is 0 Å². The van der Waals surface area contributed by atoms with Crippen LogP contribution in [0.2, 0.25) is 0 Å². The Balaban J connectivity index is 1.99. The van der Waals surface area contributed by atoms with Crippen LogP contribution in [0.15, 0.2) is 42.6 Å². The first-order chi connectivity index (χ1) is 11.2. The molecule has 1 aromatic heterocycles. The lowest BCUT2D eigenvalue weighted by molar-refractivity contribution is 0.0955. The first kappa shape index (κ1) is 17.5. The summed E-state index contributed by atoms with van der Waals surface area (Å²) in [6.07, 6.45) is 2.55. The minimum atomic E-state index is -0.0527. The summed E-state index contributed by atoms with van der Waals surface area (Å²) in [4.78, 5) is 16.7. The van der Waals surface area contributed by atoms with E-state index in [0.717, 1.165) is 34.7 Å². The maximum Gasteiger partial charge on any atom is 0.251 e. The van der Waals surface area contributed by atoms with Crippen molar-refractivity contribution in [1.29, 1.82) is 0 Å². The molecule has 1 heterocycles.